The van der Waals surface area contributed by atoms with Crippen LogP contribution in [0.2, 0.25) is 0 Å². The first kappa shape index (κ1) is 16.3. The Labute approximate surface area is 102 Å². The molecule has 7 nitrogen and oxygen atoms in total. The molecule has 0 rings (SSSR count). The molecule has 0 aliphatic heterocycles. The Balaban J connectivity index is 4.53. The molecular weight excluding hydrogens is 246 g/mol. The van der Waals surface area contributed by atoms with Gasteiger partial charge in [0.15, 0.2) is 0 Å². The van der Waals surface area contributed by atoms with Gasteiger partial charge in [-0.05, 0) is 6.42 Å². The fourth-order valence-corrected chi connectivity index (χ4v) is 3.59. The Bertz CT molecular complexity index is 215. The number of carbonyl (C=O) groups is 1. The van der Waals surface area contributed by atoms with Crippen LogP contribution in [0.4, 0.5) is 4.79 Å². The van der Waals surface area contributed by atoms with E-state index in [1.54, 1.807) is 0 Å². The molecule has 0 aliphatic rings. The summed E-state index contributed by atoms with van der Waals surface area (Å²) in [7, 11) is 1.50. The highest BCUT2D eigenvalue weighted by molar-refractivity contribution is 6.62. The molecule has 1 unspecified atom stereocenters. The zero-order valence-corrected chi connectivity index (χ0v) is 11.7. The van der Waals surface area contributed by atoms with E-state index in [4.69, 9.17) is 23.1 Å². The minimum Gasteiger partial charge on any atom is -0.447 e. The van der Waals surface area contributed by atoms with E-state index in [2.05, 4.69) is 5.32 Å². The van der Waals surface area contributed by atoms with Gasteiger partial charge in [0, 0.05) is 21.3 Å². The van der Waals surface area contributed by atoms with Crippen LogP contribution in [0.3, 0.4) is 0 Å². The Morgan fingerprint density at radius 1 is 1.29 bits per heavy atom. The number of aliphatic hydroxyl groups is 1. The fraction of sp³-hybridized carbons (Fsp3) is 0.889. The molecule has 0 aromatic carbocycles. The minimum absolute atomic E-state index is 0.0518. The van der Waals surface area contributed by atoms with Gasteiger partial charge in [-0.2, -0.15) is 0 Å². The summed E-state index contributed by atoms with van der Waals surface area (Å²) < 4.78 is 20.5. The maximum Gasteiger partial charge on any atom is 0.523 e. The van der Waals surface area contributed by atoms with Crippen molar-refractivity contribution in [2.45, 2.75) is 19.0 Å². The van der Waals surface area contributed by atoms with Crippen LogP contribution in [0.15, 0.2) is 0 Å². The number of aliphatic hydroxyl groups excluding tert-OH is 1. The summed E-state index contributed by atoms with van der Waals surface area (Å²) in [6.07, 6.45) is -0.0513. The predicted molar refractivity (Wildman–Crippen MR) is 62.4 cm³/mol. The number of nitrogens with one attached hydrogen (secondary N) is 1. The van der Waals surface area contributed by atoms with Gasteiger partial charge in [-0.1, -0.05) is 6.92 Å². The molecule has 0 bridgehead atoms. The molecule has 102 valence electrons. The largest absolute Gasteiger partial charge is 0.523 e. The summed E-state index contributed by atoms with van der Waals surface area (Å²) in [5, 5.41) is 11.1. The second-order valence-corrected chi connectivity index (χ2v) is 6.31. The smallest absolute Gasteiger partial charge is 0.447 e. The molecule has 2 N–H and O–H groups in total. The van der Waals surface area contributed by atoms with Crippen LogP contribution in [-0.4, -0.2) is 60.2 Å². The Kier molecular flexibility index (Phi) is 8.09. The quantitative estimate of drug-likeness (QED) is 0.597. The molecular formula is C9H21NO6Si. The maximum absolute atomic E-state index is 11.4. The Morgan fingerprint density at radius 3 is 2.18 bits per heavy atom. The molecule has 1 atom stereocenters. The van der Waals surface area contributed by atoms with Gasteiger partial charge in [0.2, 0.25) is 0 Å². The number of carbonyl (C=O) groups excluding carboxylic acids is 1. The van der Waals surface area contributed by atoms with Crippen molar-refractivity contribution < 1.29 is 27.9 Å². The van der Waals surface area contributed by atoms with Crippen molar-refractivity contribution in [1.29, 1.82) is 0 Å². The van der Waals surface area contributed by atoms with E-state index in [0.29, 0.717) is 6.42 Å². The number of hydrogen-bond acceptors (Lipinski definition) is 6. The highest BCUT2D eigenvalue weighted by atomic mass is 28.4. The molecule has 17 heavy (non-hydrogen) atoms. The average molecular weight is 267 g/mol. The van der Waals surface area contributed by atoms with Crippen molar-refractivity contribution in [3.05, 3.63) is 0 Å². The standard InChI is InChI=1S/C9H21NO6Si/c1-5-8(10-9(12)16-7-6-11)17(13-2,14-3)15-4/h8,11H,5-7H2,1-4H3,(H,10,12). The van der Waals surface area contributed by atoms with E-state index in [1.807, 2.05) is 6.92 Å². The van der Waals surface area contributed by atoms with Crippen molar-refractivity contribution in [3.8, 4) is 0 Å². The second-order valence-electron chi connectivity index (χ2n) is 3.18. The van der Waals surface area contributed by atoms with Crippen LogP contribution >= 0.6 is 0 Å². The van der Waals surface area contributed by atoms with Crippen LogP contribution in [0.5, 0.6) is 0 Å². The fourth-order valence-electron chi connectivity index (χ4n) is 1.44. The average Bonchev–Trinajstić information content (AvgIpc) is 2.37. The molecule has 0 aromatic rings. The van der Waals surface area contributed by atoms with Crippen molar-refractivity contribution in [2.24, 2.45) is 0 Å². The molecule has 0 heterocycles. The lowest BCUT2D eigenvalue weighted by Crippen LogP contribution is -2.61. The SMILES string of the molecule is CCC(NC(=O)OCCO)[Si](OC)(OC)OC. The molecule has 0 saturated heterocycles. The molecule has 0 saturated carbocycles. The topological polar surface area (TPSA) is 86.3 Å². The predicted octanol–water partition coefficient (Wildman–Crippen LogP) is -0.0992. The first-order chi connectivity index (χ1) is 8.10. The van der Waals surface area contributed by atoms with Crippen LogP contribution in [0.25, 0.3) is 0 Å². The first-order valence-corrected chi connectivity index (χ1v) is 7.10. The van der Waals surface area contributed by atoms with Crippen LogP contribution in [0.1, 0.15) is 13.3 Å². The lowest BCUT2D eigenvalue weighted by Gasteiger charge is -2.31. The van der Waals surface area contributed by atoms with Crippen LogP contribution in [-0.2, 0) is 18.0 Å². The highest BCUT2D eigenvalue weighted by Crippen LogP contribution is 2.14. The number of ether oxygens (including phenoxy) is 1. The van der Waals surface area contributed by atoms with Crippen molar-refractivity contribution >= 4 is 14.9 Å². The summed E-state index contributed by atoms with van der Waals surface area (Å²) in [6, 6.07) is 0. The third-order valence-corrected chi connectivity index (χ3v) is 5.42. The summed E-state index contributed by atoms with van der Waals surface area (Å²) in [5.41, 5.74) is -0.395. The highest BCUT2D eigenvalue weighted by Gasteiger charge is 2.47. The molecule has 0 spiro atoms. The van der Waals surface area contributed by atoms with Gasteiger partial charge < -0.3 is 28.4 Å². The van der Waals surface area contributed by atoms with Crippen molar-refractivity contribution in [3.63, 3.8) is 0 Å². The van der Waals surface area contributed by atoms with Gasteiger partial charge in [0.1, 0.15) is 12.3 Å². The first-order valence-electron chi connectivity index (χ1n) is 5.29. The van der Waals surface area contributed by atoms with Gasteiger partial charge >= 0.3 is 14.9 Å². The van der Waals surface area contributed by atoms with Gasteiger partial charge in [-0.15, -0.1) is 0 Å². The van der Waals surface area contributed by atoms with E-state index in [0.717, 1.165) is 0 Å². The zero-order chi connectivity index (χ0) is 13.3. The van der Waals surface area contributed by atoms with Crippen LogP contribution in [0, 0.1) is 0 Å². The third-order valence-electron chi connectivity index (χ3n) is 2.31. The van der Waals surface area contributed by atoms with E-state index < -0.39 is 20.6 Å². The minimum atomic E-state index is -2.92. The normalized spacial score (nSPS) is 13.2. The summed E-state index contributed by atoms with van der Waals surface area (Å²) >= 11 is 0. The molecule has 1 amide bonds. The molecule has 0 aromatic heterocycles. The number of alkyl carbamates (subject to hydrolysis) is 1. The van der Waals surface area contributed by atoms with Gasteiger partial charge in [-0.25, -0.2) is 4.79 Å². The Hall–Kier alpha value is -0.673. The molecule has 0 aliphatic carbocycles. The third kappa shape index (κ3) is 4.60. The van der Waals surface area contributed by atoms with E-state index in [1.165, 1.54) is 21.3 Å². The summed E-state index contributed by atoms with van der Waals surface area (Å²) in [5.74, 6) is 0. The van der Waals surface area contributed by atoms with Crippen molar-refractivity contribution in [2.75, 3.05) is 34.5 Å². The van der Waals surface area contributed by atoms with E-state index in [9.17, 15) is 4.79 Å². The monoisotopic (exact) mass is 267 g/mol. The number of amides is 1. The van der Waals surface area contributed by atoms with Gasteiger partial charge in [0.25, 0.3) is 0 Å². The van der Waals surface area contributed by atoms with Gasteiger partial charge in [0.05, 0.1) is 6.61 Å². The maximum atomic E-state index is 11.4. The Morgan fingerprint density at radius 2 is 1.82 bits per heavy atom. The van der Waals surface area contributed by atoms with Gasteiger partial charge in [-0.3, -0.25) is 0 Å². The van der Waals surface area contributed by atoms with E-state index in [-0.39, 0.29) is 13.2 Å². The zero-order valence-electron chi connectivity index (χ0n) is 10.7. The molecule has 0 radical (unpaired) electrons. The van der Waals surface area contributed by atoms with E-state index >= 15 is 0 Å². The van der Waals surface area contributed by atoms with Crippen LogP contribution < -0.4 is 5.32 Å². The van der Waals surface area contributed by atoms with Crippen molar-refractivity contribution in [1.82, 2.24) is 5.32 Å². The summed E-state index contributed by atoms with van der Waals surface area (Å²) in [6.45, 7) is 1.60. The second kappa shape index (κ2) is 8.42. The molecule has 0 fully saturated rings. The summed E-state index contributed by atoms with van der Waals surface area (Å²) in [4.78, 5) is 11.4. The number of hydrogen-bond donors (Lipinski definition) is 2. The number of rotatable bonds is 8. The lowest BCUT2D eigenvalue weighted by atomic mass is 10.5. The lowest BCUT2D eigenvalue weighted by molar-refractivity contribution is 0.0933. The molecule has 8 heteroatoms.